The maximum absolute atomic E-state index is 10.3. The number of carboxylic acid groups (broad SMARTS) is 1. The summed E-state index contributed by atoms with van der Waals surface area (Å²) in [4.78, 5) is 10.3. The number of hydrogen-bond acceptors (Lipinski definition) is 2. The van der Waals surface area contributed by atoms with Gasteiger partial charge in [0.1, 0.15) is 0 Å². The van der Waals surface area contributed by atoms with Crippen LogP contribution in [0.1, 0.15) is 124 Å². The summed E-state index contributed by atoms with van der Waals surface area (Å²) in [7, 11) is 0. The highest BCUT2D eigenvalue weighted by atomic mass is 16.4. The molecule has 0 spiro atoms. The minimum Gasteiger partial charge on any atom is -0.481 e. The van der Waals surface area contributed by atoms with E-state index >= 15 is 0 Å². The van der Waals surface area contributed by atoms with Gasteiger partial charge in [0.2, 0.25) is 0 Å². The van der Waals surface area contributed by atoms with Crippen molar-refractivity contribution >= 4 is 5.97 Å². The third-order valence-corrected chi connectivity index (χ3v) is 4.80. The first-order valence-electron chi connectivity index (χ1n) is 10.9. The number of carboxylic acids is 1. The average Bonchev–Trinajstić information content (AvgIpc) is 2.61. The molecule has 3 heteroatoms. The van der Waals surface area contributed by atoms with Gasteiger partial charge in [-0.2, -0.15) is 0 Å². The molecule has 0 saturated carbocycles. The van der Waals surface area contributed by atoms with Crippen LogP contribution in [0, 0.1) is 5.92 Å². The van der Waals surface area contributed by atoms with E-state index in [0.717, 1.165) is 19.3 Å². The van der Waals surface area contributed by atoms with Crippen LogP contribution in [0.5, 0.6) is 0 Å². The first-order chi connectivity index (χ1) is 12.1. The third-order valence-electron chi connectivity index (χ3n) is 4.80. The Kier molecular flexibility index (Phi) is 25.0. The molecule has 0 rings (SSSR count). The van der Waals surface area contributed by atoms with Gasteiger partial charge in [0.05, 0.1) is 0 Å². The van der Waals surface area contributed by atoms with Crippen molar-refractivity contribution in [2.24, 2.45) is 5.92 Å². The maximum atomic E-state index is 10.3. The zero-order valence-corrected chi connectivity index (χ0v) is 17.4. The van der Waals surface area contributed by atoms with Gasteiger partial charge in [0.25, 0.3) is 0 Å². The number of carbonyl (C=O) groups is 1. The van der Waals surface area contributed by atoms with Crippen molar-refractivity contribution < 1.29 is 15.0 Å². The Morgan fingerprint density at radius 1 is 0.720 bits per heavy atom. The first-order valence-corrected chi connectivity index (χ1v) is 10.9. The van der Waals surface area contributed by atoms with Gasteiger partial charge >= 0.3 is 5.97 Å². The van der Waals surface area contributed by atoms with Crippen LogP contribution in [-0.4, -0.2) is 22.8 Å². The van der Waals surface area contributed by atoms with E-state index in [1.54, 1.807) is 0 Å². The second-order valence-electron chi connectivity index (χ2n) is 7.28. The van der Waals surface area contributed by atoms with E-state index in [1.165, 1.54) is 77.0 Å². The number of aliphatic hydroxyl groups is 1. The van der Waals surface area contributed by atoms with Crippen LogP contribution in [-0.2, 0) is 4.79 Å². The quantitative estimate of drug-likeness (QED) is 0.276. The molecular weight excluding hydrogens is 312 g/mol. The van der Waals surface area contributed by atoms with Crippen LogP contribution in [0.25, 0.3) is 0 Å². The summed E-state index contributed by atoms with van der Waals surface area (Å²) in [6.45, 7) is 6.94. The van der Waals surface area contributed by atoms with E-state index in [4.69, 9.17) is 10.2 Å². The summed E-state index contributed by atoms with van der Waals surface area (Å²) in [6.07, 6.45) is 19.2. The molecule has 3 nitrogen and oxygen atoms in total. The van der Waals surface area contributed by atoms with Crippen molar-refractivity contribution in [3.05, 3.63) is 0 Å². The summed E-state index contributed by atoms with van der Waals surface area (Å²) in [5.41, 5.74) is 0. The van der Waals surface area contributed by atoms with E-state index in [2.05, 4.69) is 20.8 Å². The van der Waals surface area contributed by atoms with Gasteiger partial charge in [-0.3, -0.25) is 4.79 Å². The molecule has 0 radical (unpaired) electrons. The number of aliphatic carboxylic acids is 1. The van der Waals surface area contributed by atoms with Gasteiger partial charge in [-0.25, -0.2) is 0 Å². The zero-order chi connectivity index (χ0) is 19.2. The first kappa shape index (κ1) is 26.7. The average molecular weight is 359 g/mol. The van der Waals surface area contributed by atoms with Gasteiger partial charge in [-0.1, -0.05) is 104 Å². The molecule has 1 atom stereocenters. The number of unbranched alkanes of at least 4 members (excludes halogenated alkanes) is 11. The summed E-state index contributed by atoms with van der Waals surface area (Å²) in [6, 6.07) is 0. The van der Waals surface area contributed by atoms with Crippen LogP contribution in [0.3, 0.4) is 0 Å². The molecule has 0 aliphatic carbocycles. The standard InChI is InChI=1S/C14H28O2.C8H18O/c1-2-3-4-5-6-7-8-9-10-11-12-13-14(15)16;1-3-5-6-8(4-2)7-9/h2-13H2,1H3,(H,15,16);8-9H,3-7H2,1-2H3. The lowest BCUT2D eigenvalue weighted by Gasteiger charge is -2.08. The lowest BCUT2D eigenvalue weighted by Crippen LogP contribution is -2.03. The zero-order valence-electron chi connectivity index (χ0n) is 17.4. The van der Waals surface area contributed by atoms with Crippen LogP contribution in [0.2, 0.25) is 0 Å². The van der Waals surface area contributed by atoms with Crippen LogP contribution >= 0.6 is 0 Å². The molecule has 0 aromatic rings. The molecule has 0 saturated heterocycles. The van der Waals surface area contributed by atoms with E-state index in [1.807, 2.05) is 0 Å². The van der Waals surface area contributed by atoms with E-state index < -0.39 is 5.97 Å². The van der Waals surface area contributed by atoms with E-state index in [-0.39, 0.29) is 0 Å². The summed E-state index contributed by atoms with van der Waals surface area (Å²) in [5.74, 6) is -0.0964. The van der Waals surface area contributed by atoms with Crippen molar-refractivity contribution in [2.75, 3.05) is 6.61 Å². The lowest BCUT2D eigenvalue weighted by atomic mass is 10.0. The highest BCUT2D eigenvalue weighted by Gasteiger charge is 2.01. The SMILES string of the molecule is CCCCC(CC)CO.CCCCCCCCCCCCCC(=O)O. The van der Waals surface area contributed by atoms with Crippen molar-refractivity contribution in [1.82, 2.24) is 0 Å². The molecule has 0 fully saturated rings. The fourth-order valence-electron chi connectivity index (χ4n) is 2.86. The van der Waals surface area contributed by atoms with Crippen LogP contribution < -0.4 is 0 Å². The highest BCUT2D eigenvalue weighted by molar-refractivity contribution is 5.66. The summed E-state index contributed by atoms with van der Waals surface area (Å²) < 4.78 is 0. The molecule has 0 heterocycles. The molecule has 0 aromatic carbocycles. The molecule has 25 heavy (non-hydrogen) atoms. The fourth-order valence-corrected chi connectivity index (χ4v) is 2.86. The lowest BCUT2D eigenvalue weighted by molar-refractivity contribution is -0.137. The van der Waals surface area contributed by atoms with Crippen molar-refractivity contribution in [3.8, 4) is 0 Å². The monoisotopic (exact) mass is 358 g/mol. The Morgan fingerprint density at radius 2 is 1.16 bits per heavy atom. The van der Waals surface area contributed by atoms with Crippen molar-refractivity contribution in [2.45, 2.75) is 124 Å². The van der Waals surface area contributed by atoms with Gasteiger partial charge in [0, 0.05) is 13.0 Å². The Balaban J connectivity index is 0. The normalized spacial score (nSPS) is 11.7. The molecule has 1 unspecified atom stereocenters. The molecule has 152 valence electrons. The van der Waals surface area contributed by atoms with Crippen LogP contribution in [0.4, 0.5) is 0 Å². The van der Waals surface area contributed by atoms with Crippen molar-refractivity contribution in [1.29, 1.82) is 0 Å². The Labute approximate surface area is 157 Å². The minimum atomic E-state index is -0.657. The Bertz CT molecular complexity index is 250. The summed E-state index contributed by atoms with van der Waals surface area (Å²) in [5, 5.41) is 17.2. The molecular formula is C22H46O3. The Hall–Kier alpha value is -0.570. The van der Waals surface area contributed by atoms with Gasteiger partial charge in [-0.05, 0) is 18.8 Å². The topological polar surface area (TPSA) is 57.5 Å². The minimum absolute atomic E-state index is 0.344. The Morgan fingerprint density at radius 3 is 1.52 bits per heavy atom. The largest absolute Gasteiger partial charge is 0.481 e. The highest BCUT2D eigenvalue weighted by Crippen LogP contribution is 2.12. The number of hydrogen-bond donors (Lipinski definition) is 2. The third kappa shape index (κ3) is 25.8. The second kappa shape index (κ2) is 23.4. The predicted molar refractivity (Wildman–Crippen MR) is 109 cm³/mol. The van der Waals surface area contributed by atoms with Gasteiger partial charge in [0.15, 0.2) is 0 Å². The molecule has 0 aliphatic heterocycles. The maximum Gasteiger partial charge on any atom is 0.303 e. The molecule has 0 aliphatic rings. The van der Waals surface area contributed by atoms with Gasteiger partial charge < -0.3 is 10.2 Å². The van der Waals surface area contributed by atoms with Crippen molar-refractivity contribution in [3.63, 3.8) is 0 Å². The predicted octanol–water partition coefficient (Wildman–Crippen LogP) is 6.97. The molecule has 2 N–H and O–H groups in total. The second-order valence-corrected chi connectivity index (χ2v) is 7.28. The smallest absolute Gasteiger partial charge is 0.303 e. The molecule has 0 aromatic heterocycles. The molecule has 0 amide bonds. The number of rotatable bonds is 17. The summed E-state index contributed by atoms with van der Waals surface area (Å²) >= 11 is 0. The fraction of sp³-hybridized carbons (Fsp3) is 0.955. The van der Waals surface area contributed by atoms with E-state index in [9.17, 15) is 4.79 Å². The van der Waals surface area contributed by atoms with Crippen LogP contribution in [0.15, 0.2) is 0 Å². The number of aliphatic hydroxyl groups excluding tert-OH is 1. The van der Waals surface area contributed by atoms with E-state index in [0.29, 0.717) is 18.9 Å². The molecule has 0 bridgehead atoms. The van der Waals surface area contributed by atoms with Gasteiger partial charge in [-0.15, -0.1) is 0 Å².